The van der Waals surface area contributed by atoms with E-state index in [0.717, 1.165) is 54.7 Å². The van der Waals surface area contributed by atoms with Gasteiger partial charge in [-0.05, 0) is 57.1 Å². The Kier molecular flexibility index (Phi) is 6.32. The SMILES string of the molecule is CN=C(NCc1ccc(C)cc1OC1CCCC1)NCc1nnc2n1CCCC2. The summed E-state index contributed by atoms with van der Waals surface area (Å²) in [5.74, 6) is 3.82. The van der Waals surface area contributed by atoms with Gasteiger partial charge in [-0.25, -0.2) is 0 Å². The predicted molar refractivity (Wildman–Crippen MR) is 114 cm³/mol. The molecule has 1 aromatic heterocycles. The summed E-state index contributed by atoms with van der Waals surface area (Å²) in [7, 11) is 1.79. The van der Waals surface area contributed by atoms with Crippen molar-refractivity contribution in [3.63, 3.8) is 0 Å². The first-order chi connectivity index (χ1) is 14.2. The second-order valence-corrected chi connectivity index (χ2v) is 8.06. The molecule has 1 aliphatic heterocycles. The minimum absolute atomic E-state index is 0.354. The zero-order valence-corrected chi connectivity index (χ0v) is 17.6. The Balaban J connectivity index is 1.35. The molecule has 156 valence electrons. The van der Waals surface area contributed by atoms with Crippen LogP contribution < -0.4 is 15.4 Å². The van der Waals surface area contributed by atoms with Crippen LogP contribution in [0.15, 0.2) is 23.2 Å². The minimum atomic E-state index is 0.354. The van der Waals surface area contributed by atoms with Gasteiger partial charge < -0.3 is 19.9 Å². The van der Waals surface area contributed by atoms with Gasteiger partial charge in [0.15, 0.2) is 11.8 Å². The van der Waals surface area contributed by atoms with Crippen molar-refractivity contribution in [2.75, 3.05) is 7.05 Å². The molecule has 0 amide bonds. The second kappa shape index (κ2) is 9.29. The molecular formula is C22H32N6O. The molecule has 29 heavy (non-hydrogen) atoms. The van der Waals surface area contributed by atoms with Crippen molar-refractivity contribution in [2.45, 2.75) is 77.6 Å². The summed E-state index contributed by atoms with van der Waals surface area (Å²) in [5.41, 5.74) is 2.38. The van der Waals surface area contributed by atoms with Crippen LogP contribution in [0.3, 0.4) is 0 Å². The molecule has 1 aromatic carbocycles. The summed E-state index contributed by atoms with van der Waals surface area (Å²) >= 11 is 0. The van der Waals surface area contributed by atoms with Gasteiger partial charge in [-0.1, -0.05) is 12.1 Å². The normalized spacial score (nSPS) is 17.2. The summed E-state index contributed by atoms with van der Waals surface area (Å²) in [4.78, 5) is 4.36. The lowest BCUT2D eigenvalue weighted by atomic mass is 10.1. The van der Waals surface area contributed by atoms with E-state index in [1.807, 2.05) is 0 Å². The van der Waals surface area contributed by atoms with Crippen molar-refractivity contribution in [1.29, 1.82) is 0 Å². The number of aromatic nitrogens is 3. The zero-order chi connectivity index (χ0) is 20.1. The number of guanidine groups is 1. The first-order valence-corrected chi connectivity index (χ1v) is 10.8. The zero-order valence-electron chi connectivity index (χ0n) is 17.6. The average Bonchev–Trinajstić information content (AvgIpc) is 3.39. The van der Waals surface area contributed by atoms with Gasteiger partial charge in [0.1, 0.15) is 11.6 Å². The van der Waals surface area contributed by atoms with Gasteiger partial charge in [-0.2, -0.15) is 0 Å². The van der Waals surface area contributed by atoms with Gasteiger partial charge in [-0.3, -0.25) is 4.99 Å². The molecule has 2 N–H and O–H groups in total. The van der Waals surface area contributed by atoms with E-state index in [9.17, 15) is 0 Å². The molecular weight excluding hydrogens is 364 g/mol. The minimum Gasteiger partial charge on any atom is -0.490 e. The third kappa shape index (κ3) is 4.89. The Labute approximate surface area is 173 Å². The van der Waals surface area contributed by atoms with Crippen LogP contribution in [0.1, 0.15) is 61.3 Å². The summed E-state index contributed by atoms with van der Waals surface area (Å²) in [6, 6.07) is 6.43. The maximum atomic E-state index is 6.31. The summed E-state index contributed by atoms with van der Waals surface area (Å²) < 4.78 is 8.55. The fraction of sp³-hybridized carbons (Fsp3) is 0.591. The van der Waals surface area contributed by atoms with E-state index in [0.29, 0.717) is 19.2 Å². The van der Waals surface area contributed by atoms with Crippen molar-refractivity contribution < 1.29 is 4.74 Å². The number of aliphatic imine (C=N–C) groups is 1. The predicted octanol–water partition coefficient (Wildman–Crippen LogP) is 3.11. The number of nitrogens with zero attached hydrogens (tertiary/aromatic N) is 4. The van der Waals surface area contributed by atoms with Crippen LogP contribution in [0.5, 0.6) is 5.75 Å². The molecule has 2 heterocycles. The van der Waals surface area contributed by atoms with Gasteiger partial charge in [-0.15, -0.1) is 10.2 Å². The lowest BCUT2D eigenvalue weighted by molar-refractivity contribution is 0.207. The number of aryl methyl sites for hydroxylation is 2. The number of benzene rings is 1. The third-order valence-electron chi connectivity index (χ3n) is 5.84. The molecule has 1 aliphatic carbocycles. The van der Waals surface area contributed by atoms with Crippen LogP contribution in [-0.4, -0.2) is 33.9 Å². The standard InChI is InChI=1S/C22H32N6O/c1-16-10-11-17(19(13-16)29-18-7-3-4-8-18)14-24-22(23-2)25-15-21-27-26-20-9-5-6-12-28(20)21/h10-11,13,18H,3-9,12,14-15H2,1-2H3,(H2,23,24,25). The second-order valence-electron chi connectivity index (χ2n) is 8.06. The molecule has 1 fully saturated rings. The monoisotopic (exact) mass is 396 g/mol. The average molecular weight is 397 g/mol. The van der Waals surface area contributed by atoms with Crippen LogP contribution in [0.4, 0.5) is 0 Å². The van der Waals surface area contributed by atoms with Crippen LogP contribution in [0.2, 0.25) is 0 Å². The van der Waals surface area contributed by atoms with E-state index in [1.165, 1.54) is 31.2 Å². The lowest BCUT2D eigenvalue weighted by Gasteiger charge is -2.19. The van der Waals surface area contributed by atoms with E-state index in [1.54, 1.807) is 7.05 Å². The highest BCUT2D eigenvalue weighted by molar-refractivity contribution is 5.79. The molecule has 0 bridgehead atoms. The van der Waals surface area contributed by atoms with Crippen molar-refractivity contribution >= 4 is 5.96 Å². The van der Waals surface area contributed by atoms with E-state index in [2.05, 4.69) is 55.5 Å². The van der Waals surface area contributed by atoms with Gasteiger partial charge in [0, 0.05) is 32.1 Å². The van der Waals surface area contributed by atoms with E-state index in [-0.39, 0.29) is 0 Å². The Hall–Kier alpha value is -2.57. The van der Waals surface area contributed by atoms with Gasteiger partial charge in [0.2, 0.25) is 0 Å². The quantitative estimate of drug-likeness (QED) is 0.580. The molecule has 7 heteroatoms. The van der Waals surface area contributed by atoms with Crippen molar-refractivity contribution in [1.82, 2.24) is 25.4 Å². The van der Waals surface area contributed by atoms with E-state index >= 15 is 0 Å². The molecule has 1 saturated carbocycles. The molecule has 0 spiro atoms. The Morgan fingerprint density at radius 3 is 2.79 bits per heavy atom. The smallest absolute Gasteiger partial charge is 0.191 e. The molecule has 2 aliphatic rings. The maximum absolute atomic E-state index is 6.31. The van der Waals surface area contributed by atoms with Crippen LogP contribution in [-0.2, 0) is 26.1 Å². The Morgan fingerprint density at radius 1 is 1.14 bits per heavy atom. The van der Waals surface area contributed by atoms with Crippen molar-refractivity contribution in [3.05, 3.63) is 41.0 Å². The molecule has 2 aromatic rings. The number of fused-ring (bicyclic) bond motifs is 1. The number of ether oxygens (including phenoxy) is 1. The summed E-state index contributed by atoms with van der Waals surface area (Å²) in [6.45, 7) is 4.40. The third-order valence-corrected chi connectivity index (χ3v) is 5.84. The molecule has 7 nitrogen and oxygen atoms in total. The van der Waals surface area contributed by atoms with Crippen molar-refractivity contribution in [2.24, 2.45) is 4.99 Å². The van der Waals surface area contributed by atoms with Gasteiger partial charge >= 0.3 is 0 Å². The fourth-order valence-corrected chi connectivity index (χ4v) is 4.16. The maximum Gasteiger partial charge on any atom is 0.191 e. The van der Waals surface area contributed by atoms with E-state index in [4.69, 9.17) is 4.74 Å². The molecule has 0 unspecified atom stereocenters. The lowest BCUT2D eigenvalue weighted by Crippen LogP contribution is -2.37. The molecule has 4 rings (SSSR count). The Morgan fingerprint density at radius 2 is 1.97 bits per heavy atom. The largest absolute Gasteiger partial charge is 0.490 e. The van der Waals surface area contributed by atoms with E-state index < -0.39 is 0 Å². The summed E-state index contributed by atoms with van der Waals surface area (Å²) in [5, 5.41) is 15.5. The number of rotatable bonds is 6. The first kappa shape index (κ1) is 19.7. The van der Waals surface area contributed by atoms with Gasteiger partial charge in [0.25, 0.3) is 0 Å². The molecule has 0 radical (unpaired) electrons. The van der Waals surface area contributed by atoms with Crippen LogP contribution in [0.25, 0.3) is 0 Å². The number of nitrogens with one attached hydrogen (secondary N) is 2. The van der Waals surface area contributed by atoms with Gasteiger partial charge in [0.05, 0.1) is 12.6 Å². The highest BCUT2D eigenvalue weighted by atomic mass is 16.5. The van der Waals surface area contributed by atoms with Crippen LogP contribution in [0, 0.1) is 6.92 Å². The highest BCUT2D eigenvalue weighted by Crippen LogP contribution is 2.27. The van der Waals surface area contributed by atoms with Crippen molar-refractivity contribution in [3.8, 4) is 5.75 Å². The van der Waals surface area contributed by atoms with Crippen LogP contribution >= 0.6 is 0 Å². The topological polar surface area (TPSA) is 76.4 Å². The number of hydrogen-bond donors (Lipinski definition) is 2. The molecule has 0 atom stereocenters. The summed E-state index contributed by atoms with van der Waals surface area (Å²) in [6.07, 6.45) is 8.64. The molecule has 0 saturated heterocycles. The Bertz CT molecular complexity index is 853. The highest BCUT2D eigenvalue weighted by Gasteiger charge is 2.18. The fourth-order valence-electron chi connectivity index (χ4n) is 4.16. The first-order valence-electron chi connectivity index (χ1n) is 10.8. The number of hydrogen-bond acceptors (Lipinski definition) is 4.